The highest BCUT2D eigenvalue weighted by atomic mass is 16.1. The summed E-state index contributed by atoms with van der Waals surface area (Å²) < 4.78 is 0. The van der Waals surface area contributed by atoms with E-state index >= 15 is 0 Å². The minimum Gasteiger partial charge on any atom is -0.294 e. The first-order valence-electron chi connectivity index (χ1n) is 4.80. The van der Waals surface area contributed by atoms with E-state index in [1.807, 2.05) is 13.8 Å². The Kier molecular flexibility index (Phi) is 2.69. The molecule has 13 heavy (non-hydrogen) atoms. The number of allylic oxidation sites excluding steroid dienone is 1. The van der Waals surface area contributed by atoms with E-state index in [1.54, 1.807) is 0 Å². The Morgan fingerprint density at radius 3 is 1.85 bits per heavy atom. The van der Waals surface area contributed by atoms with Crippen LogP contribution in [0.2, 0.25) is 0 Å². The molecule has 2 nitrogen and oxygen atoms in total. The van der Waals surface area contributed by atoms with E-state index in [0.717, 1.165) is 12.8 Å². The zero-order valence-corrected chi connectivity index (χ0v) is 8.35. The van der Waals surface area contributed by atoms with Crippen molar-refractivity contribution < 1.29 is 9.59 Å². The van der Waals surface area contributed by atoms with E-state index in [9.17, 15) is 9.59 Å². The largest absolute Gasteiger partial charge is 0.294 e. The highest BCUT2D eigenvalue weighted by molar-refractivity contribution is 6.21. The van der Waals surface area contributed by atoms with Crippen LogP contribution in [0.15, 0.2) is 12.2 Å². The minimum atomic E-state index is -0.0741. The Morgan fingerprint density at radius 1 is 1.15 bits per heavy atom. The number of hydrogen-bond donors (Lipinski definition) is 0. The van der Waals surface area contributed by atoms with Crippen molar-refractivity contribution in [1.82, 2.24) is 0 Å². The van der Waals surface area contributed by atoms with E-state index in [0.29, 0.717) is 12.8 Å². The number of carbonyl (C=O) groups is 2. The lowest BCUT2D eigenvalue weighted by Crippen LogP contribution is -2.34. The van der Waals surface area contributed by atoms with E-state index < -0.39 is 0 Å². The maximum Gasteiger partial charge on any atom is 0.166 e. The van der Waals surface area contributed by atoms with Crippen molar-refractivity contribution in [3.8, 4) is 0 Å². The monoisotopic (exact) mass is 180 g/mol. The number of rotatable bonds is 2. The molecule has 0 aliphatic heterocycles. The molecule has 0 aromatic heterocycles. The second-order valence-corrected chi connectivity index (χ2v) is 3.89. The average molecular weight is 180 g/mol. The third-order valence-corrected chi connectivity index (χ3v) is 3.24. The smallest absolute Gasteiger partial charge is 0.166 e. The second-order valence-electron chi connectivity index (χ2n) is 3.89. The molecule has 0 heterocycles. The topological polar surface area (TPSA) is 34.1 Å². The number of carbonyl (C=O) groups excluding carboxylic acids is 2. The lowest BCUT2D eigenvalue weighted by atomic mass is 9.68. The Labute approximate surface area is 79.0 Å². The van der Waals surface area contributed by atoms with E-state index in [2.05, 4.69) is 6.58 Å². The van der Waals surface area contributed by atoms with E-state index in [4.69, 9.17) is 0 Å². The lowest BCUT2D eigenvalue weighted by Gasteiger charge is -2.34. The van der Waals surface area contributed by atoms with Crippen molar-refractivity contribution in [2.45, 2.75) is 39.5 Å². The van der Waals surface area contributed by atoms with Crippen LogP contribution in [0, 0.1) is 5.41 Å². The lowest BCUT2D eigenvalue weighted by molar-refractivity contribution is -0.128. The normalized spacial score (nSPS) is 22.2. The number of hydrogen-bond acceptors (Lipinski definition) is 2. The summed E-state index contributed by atoms with van der Waals surface area (Å²) >= 11 is 0. The SMILES string of the molecule is C=C1C(=O)CC(CC)(CC)CC1=O. The number of ketones is 2. The van der Waals surface area contributed by atoms with Gasteiger partial charge in [-0.25, -0.2) is 0 Å². The second kappa shape index (κ2) is 3.44. The predicted octanol–water partition coefficient (Wildman–Crippen LogP) is 2.28. The quantitative estimate of drug-likeness (QED) is 0.482. The molecule has 0 amide bonds. The van der Waals surface area contributed by atoms with Crippen LogP contribution in [0.25, 0.3) is 0 Å². The standard InChI is InChI=1S/C11H16O2/c1-4-11(5-2)6-9(12)8(3)10(13)7-11/h3-7H2,1-2H3. The molecule has 2 heteroatoms. The van der Waals surface area contributed by atoms with Crippen LogP contribution in [0.5, 0.6) is 0 Å². The van der Waals surface area contributed by atoms with Crippen molar-refractivity contribution in [3.05, 3.63) is 12.2 Å². The van der Waals surface area contributed by atoms with Gasteiger partial charge in [-0.2, -0.15) is 0 Å². The van der Waals surface area contributed by atoms with Gasteiger partial charge in [0, 0.05) is 12.8 Å². The molecule has 1 rings (SSSR count). The first-order chi connectivity index (χ1) is 6.04. The maximum atomic E-state index is 11.4. The third kappa shape index (κ3) is 1.71. The zero-order chi connectivity index (χ0) is 10.1. The van der Waals surface area contributed by atoms with Crippen LogP contribution in [0.1, 0.15) is 39.5 Å². The summed E-state index contributed by atoms with van der Waals surface area (Å²) in [5.41, 5.74) is 0.132. The molecule has 0 aromatic rings. The molecule has 0 spiro atoms. The van der Waals surface area contributed by atoms with Gasteiger partial charge in [-0.15, -0.1) is 0 Å². The molecule has 0 radical (unpaired) electrons. The molecule has 72 valence electrons. The molecule has 0 aromatic carbocycles. The highest BCUT2D eigenvalue weighted by Gasteiger charge is 2.38. The average Bonchev–Trinajstić information content (AvgIpc) is 2.13. The summed E-state index contributed by atoms with van der Waals surface area (Å²) in [6, 6.07) is 0. The molecule has 1 fully saturated rings. The van der Waals surface area contributed by atoms with Gasteiger partial charge in [0.2, 0.25) is 0 Å². The van der Waals surface area contributed by atoms with Gasteiger partial charge in [-0.1, -0.05) is 20.4 Å². The van der Waals surface area contributed by atoms with Crippen LogP contribution in [-0.2, 0) is 9.59 Å². The van der Waals surface area contributed by atoms with Crippen molar-refractivity contribution in [2.24, 2.45) is 5.41 Å². The Bertz CT molecular complexity index is 237. The molecule has 0 atom stereocenters. The molecule has 0 bridgehead atoms. The summed E-state index contributed by atoms with van der Waals surface area (Å²) in [5.74, 6) is -0.111. The van der Waals surface area contributed by atoms with E-state index in [-0.39, 0.29) is 22.6 Å². The molecular weight excluding hydrogens is 164 g/mol. The van der Waals surface area contributed by atoms with Crippen LogP contribution >= 0.6 is 0 Å². The van der Waals surface area contributed by atoms with Gasteiger partial charge in [-0.3, -0.25) is 9.59 Å². The van der Waals surface area contributed by atoms with Gasteiger partial charge >= 0.3 is 0 Å². The maximum absolute atomic E-state index is 11.4. The molecule has 1 aliphatic rings. The fourth-order valence-electron chi connectivity index (χ4n) is 1.86. The van der Waals surface area contributed by atoms with Gasteiger partial charge in [0.05, 0.1) is 5.57 Å². The highest BCUT2D eigenvalue weighted by Crippen LogP contribution is 2.39. The summed E-state index contributed by atoms with van der Waals surface area (Å²) in [4.78, 5) is 22.8. The first-order valence-corrected chi connectivity index (χ1v) is 4.80. The summed E-state index contributed by atoms with van der Waals surface area (Å²) in [6.45, 7) is 7.59. The van der Waals surface area contributed by atoms with Gasteiger partial charge < -0.3 is 0 Å². The third-order valence-electron chi connectivity index (χ3n) is 3.24. The number of Topliss-reactive ketones (excluding diaryl/α,β-unsaturated/α-hetero) is 2. The Hall–Kier alpha value is -0.920. The minimum absolute atomic E-state index is 0.0556. The zero-order valence-electron chi connectivity index (χ0n) is 8.35. The van der Waals surface area contributed by atoms with Crippen molar-refractivity contribution in [3.63, 3.8) is 0 Å². The summed E-state index contributed by atoms with van der Waals surface area (Å²) in [7, 11) is 0. The fraction of sp³-hybridized carbons (Fsp3) is 0.636. The van der Waals surface area contributed by atoms with Gasteiger partial charge in [-0.05, 0) is 18.3 Å². The first kappa shape index (κ1) is 10.2. The fourth-order valence-corrected chi connectivity index (χ4v) is 1.86. The van der Waals surface area contributed by atoms with E-state index in [1.165, 1.54) is 0 Å². The molecule has 1 saturated carbocycles. The molecule has 1 aliphatic carbocycles. The van der Waals surface area contributed by atoms with Gasteiger partial charge in [0.25, 0.3) is 0 Å². The van der Waals surface area contributed by atoms with Crippen LogP contribution < -0.4 is 0 Å². The molecular formula is C11H16O2. The van der Waals surface area contributed by atoms with Crippen LogP contribution in [0.3, 0.4) is 0 Å². The molecule has 0 N–H and O–H groups in total. The van der Waals surface area contributed by atoms with Crippen LogP contribution in [0.4, 0.5) is 0 Å². The molecule has 0 unspecified atom stereocenters. The van der Waals surface area contributed by atoms with Crippen molar-refractivity contribution in [2.75, 3.05) is 0 Å². The summed E-state index contributed by atoms with van der Waals surface area (Å²) in [5, 5.41) is 0. The Balaban J connectivity index is 2.90. The van der Waals surface area contributed by atoms with Crippen molar-refractivity contribution in [1.29, 1.82) is 0 Å². The van der Waals surface area contributed by atoms with Crippen molar-refractivity contribution >= 4 is 11.6 Å². The molecule has 0 saturated heterocycles. The van der Waals surface area contributed by atoms with Crippen LogP contribution in [-0.4, -0.2) is 11.6 Å². The predicted molar refractivity (Wildman–Crippen MR) is 51.4 cm³/mol. The summed E-state index contributed by atoms with van der Waals surface area (Å²) in [6.07, 6.45) is 2.80. The van der Waals surface area contributed by atoms with Gasteiger partial charge in [0.1, 0.15) is 0 Å². The Morgan fingerprint density at radius 2 is 1.54 bits per heavy atom. The van der Waals surface area contributed by atoms with Gasteiger partial charge in [0.15, 0.2) is 11.6 Å².